The van der Waals surface area contributed by atoms with Crippen molar-refractivity contribution in [2.75, 3.05) is 5.32 Å². The third-order valence-electron chi connectivity index (χ3n) is 5.92. The highest BCUT2D eigenvalue weighted by Crippen LogP contribution is 2.39. The van der Waals surface area contributed by atoms with Gasteiger partial charge in [-0.2, -0.15) is 10.4 Å². The molecule has 0 aliphatic rings. The highest BCUT2D eigenvalue weighted by Gasteiger charge is 2.31. The van der Waals surface area contributed by atoms with E-state index < -0.39 is 40.6 Å². The van der Waals surface area contributed by atoms with Crippen LogP contribution in [0, 0.1) is 17.1 Å². The number of carbonyl (C=O) groups excluding carboxylic acids is 1. The second-order valence-electron chi connectivity index (χ2n) is 8.14. The molecule has 0 saturated heterocycles. The summed E-state index contributed by atoms with van der Waals surface area (Å²) in [5, 5.41) is 30.4. The fraction of sp³-hybridized carbons (Fsp3) is 0.250. The Labute approximate surface area is 204 Å². The Balaban J connectivity index is 1.88. The number of aromatic nitrogens is 5. The van der Waals surface area contributed by atoms with Gasteiger partial charge in [-0.25, -0.2) is 9.37 Å². The number of rotatable bonds is 7. The lowest BCUT2D eigenvalue weighted by Gasteiger charge is -2.26. The second kappa shape index (κ2) is 9.83. The van der Waals surface area contributed by atoms with Crippen LogP contribution in [0.3, 0.4) is 0 Å². The summed E-state index contributed by atoms with van der Waals surface area (Å²) in [6.45, 7) is 4.22. The van der Waals surface area contributed by atoms with Gasteiger partial charge in [0, 0.05) is 31.6 Å². The molecule has 0 bridgehead atoms. The largest absolute Gasteiger partial charge is 0.501 e. The Morgan fingerprint density at radius 1 is 1.36 bits per heavy atom. The van der Waals surface area contributed by atoms with E-state index in [4.69, 9.17) is 0 Å². The molecule has 0 spiro atoms. The number of halogens is 1. The quantitative estimate of drug-likeness (QED) is 0.400. The SMILES string of the molecule is CCn1cc([C@@H](c2cc(F)ccc2C#N)[C@H](C)c2nc(C(=O)Nc3cnoc3)c(O)c(=O)n2C)cn1. The molecule has 36 heavy (non-hydrogen) atoms. The first-order chi connectivity index (χ1) is 17.2. The first-order valence-corrected chi connectivity index (χ1v) is 11.0. The summed E-state index contributed by atoms with van der Waals surface area (Å²) in [4.78, 5) is 30.0. The molecule has 1 aromatic carbocycles. The Morgan fingerprint density at radius 3 is 2.78 bits per heavy atom. The van der Waals surface area contributed by atoms with Crippen LogP contribution in [0.1, 0.15) is 58.7 Å². The molecule has 12 heteroatoms. The third kappa shape index (κ3) is 4.46. The second-order valence-corrected chi connectivity index (χ2v) is 8.14. The first kappa shape index (κ1) is 24.3. The number of carbonyl (C=O) groups is 1. The van der Waals surface area contributed by atoms with E-state index in [-0.39, 0.29) is 17.1 Å². The molecule has 0 fully saturated rings. The van der Waals surface area contributed by atoms with E-state index in [0.29, 0.717) is 17.7 Å². The molecule has 11 nitrogen and oxygen atoms in total. The maximum absolute atomic E-state index is 14.3. The molecule has 0 unspecified atom stereocenters. The minimum atomic E-state index is -0.847. The number of nitrogens with one attached hydrogen (secondary N) is 1. The van der Waals surface area contributed by atoms with E-state index in [1.807, 2.05) is 6.92 Å². The van der Waals surface area contributed by atoms with Crippen molar-refractivity contribution >= 4 is 11.6 Å². The average Bonchev–Trinajstić information content (AvgIpc) is 3.55. The number of nitriles is 1. The van der Waals surface area contributed by atoms with Gasteiger partial charge < -0.3 is 14.9 Å². The number of anilines is 1. The molecular weight excluding hydrogens is 469 g/mol. The molecule has 4 aromatic rings. The predicted octanol–water partition coefficient (Wildman–Crippen LogP) is 2.89. The van der Waals surface area contributed by atoms with Crippen LogP contribution >= 0.6 is 0 Å². The molecule has 0 aliphatic carbocycles. The van der Waals surface area contributed by atoms with Crippen LogP contribution in [-0.2, 0) is 13.6 Å². The van der Waals surface area contributed by atoms with E-state index in [1.54, 1.807) is 24.0 Å². The fourth-order valence-electron chi connectivity index (χ4n) is 4.12. The Hall–Kier alpha value is -4.79. The Morgan fingerprint density at radius 2 is 2.14 bits per heavy atom. The predicted molar refractivity (Wildman–Crippen MR) is 125 cm³/mol. The van der Waals surface area contributed by atoms with Crippen LogP contribution in [0.25, 0.3) is 0 Å². The number of aromatic hydroxyl groups is 1. The highest BCUT2D eigenvalue weighted by molar-refractivity contribution is 6.04. The molecule has 2 atom stereocenters. The number of hydrogen-bond donors (Lipinski definition) is 2. The standard InChI is InChI=1S/C24H22FN7O4/c1-4-32-11-15(9-27-32)19(18-7-16(25)6-5-14(18)8-26)13(2)22-30-20(21(33)24(35)31(22)3)23(34)29-17-10-28-36-12-17/h5-7,9-13,19,33H,4H2,1-3H3,(H,29,34)/t13-,19-/m0/s1. The van der Waals surface area contributed by atoms with Gasteiger partial charge >= 0.3 is 0 Å². The zero-order valence-corrected chi connectivity index (χ0v) is 19.6. The van der Waals surface area contributed by atoms with Gasteiger partial charge in [-0.3, -0.25) is 18.8 Å². The normalized spacial score (nSPS) is 12.6. The molecule has 1 amide bonds. The van der Waals surface area contributed by atoms with Gasteiger partial charge in [-0.1, -0.05) is 12.1 Å². The van der Waals surface area contributed by atoms with Crippen LogP contribution in [0.2, 0.25) is 0 Å². The van der Waals surface area contributed by atoms with Crippen molar-refractivity contribution in [2.24, 2.45) is 7.05 Å². The molecule has 3 aromatic heterocycles. The summed E-state index contributed by atoms with van der Waals surface area (Å²) in [6.07, 6.45) is 5.79. The molecule has 4 rings (SSSR count). The van der Waals surface area contributed by atoms with E-state index >= 15 is 0 Å². The Bertz CT molecular complexity index is 1520. The molecule has 0 saturated carbocycles. The molecule has 0 aliphatic heterocycles. The minimum Gasteiger partial charge on any atom is -0.501 e. The van der Waals surface area contributed by atoms with Crippen molar-refractivity contribution < 1.29 is 18.8 Å². The van der Waals surface area contributed by atoms with Gasteiger partial charge in [0.15, 0.2) is 5.69 Å². The third-order valence-corrected chi connectivity index (χ3v) is 5.92. The summed E-state index contributed by atoms with van der Waals surface area (Å²) >= 11 is 0. The van der Waals surface area contributed by atoms with Crippen molar-refractivity contribution in [1.82, 2.24) is 24.5 Å². The lowest BCUT2D eigenvalue weighted by molar-refractivity contribution is 0.101. The van der Waals surface area contributed by atoms with E-state index in [1.165, 1.54) is 37.7 Å². The van der Waals surface area contributed by atoms with Crippen molar-refractivity contribution in [3.8, 4) is 11.8 Å². The number of benzene rings is 1. The Kier molecular flexibility index (Phi) is 6.64. The molecule has 0 radical (unpaired) electrons. The van der Waals surface area contributed by atoms with Crippen molar-refractivity contribution in [1.29, 1.82) is 5.26 Å². The average molecular weight is 491 g/mol. The van der Waals surface area contributed by atoms with Crippen molar-refractivity contribution in [2.45, 2.75) is 32.2 Å². The number of aryl methyl sites for hydroxylation is 1. The maximum atomic E-state index is 14.3. The topological polar surface area (TPSA) is 152 Å². The van der Waals surface area contributed by atoms with Crippen LogP contribution in [-0.4, -0.2) is 35.5 Å². The van der Waals surface area contributed by atoms with Crippen LogP contribution in [0.15, 0.2) is 52.4 Å². The first-order valence-electron chi connectivity index (χ1n) is 11.0. The number of nitrogens with zero attached hydrogens (tertiary/aromatic N) is 6. The zero-order chi connectivity index (χ0) is 26.0. The minimum absolute atomic E-state index is 0.135. The van der Waals surface area contributed by atoms with Gasteiger partial charge in [0.1, 0.15) is 23.6 Å². The molecule has 2 N–H and O–H groups in total. The smallest absolute Gasteiger partial charge is 0.296 e. The van der Waals surface area contributed by atoms with E-state index in [2.05, 4.69) is 31.1 Å². The fourth-order valence-corrected chi connectivity index (χ4v) is 4.12. The lowest BCUT2D eigenvalue weighted by Crippen LogP contribution is -2.29. The summed E-state index contributed by atoms with van der Waals surface area (Å²) < 4.78 is 21.8. The van der Waals surface area contributed by atoms with Crippen molar-refractivity contribution in [3.05, 3.63) is 87.4 Å². The highest BCUT2D eigenvalue weighted by atomic mass is 19.1. The maximum Gasteiger partial charge on any atom is 0.296 e. The molecule has 184 valence electrons. The van der Waals surface area contributed by atoms with Crippen LogP contribution in [0.4, 0.5) is 10.1 Å². The number of amides is 1. The van der Waals surface area contributed by atoms with Gasteiger partial charge in [-0.05, 0) is 36.2 Å². The van der Waals surface area contributed by atoms with Crippen LogP contribution in [0.5, 0.6) is 5.75 Å². The number of hydrogen-bond acceptors (Lipinski definition) is 8. The van der Waals surface area contributed by atoms with Gasteiger partial charge in [0.05, 0.1) is 24.0 Å². The zero-order valence-electron chi connectivity index (χ0n) is 19.6. The summed E-state index contributed by atoms with van der Waals surface area (Å²) in [7, 11) is 1.41. The monoisotopic (exact) mass is 491 g/mol. The molecule has 3 heterocycles. The lowest BCUT2D eigenvalue weighted by atomic mass is 9.80. The van der Waals surface area contributed by atoms with Gasteiger partial charge in [0.25, 0.3) is 11.5 Å². The summed E-state index contributed by atoms with van der Waals surface area (Å²) in [5.74, 6) is -3.40. The molecular formula is C24H22FN7O4. The van der Waals surface area contributed by atoms with Gasteiger partial charge in [0.2, 0.25) is 5.75 Å². The van der Waals surface area contributed by atoms with Gasteiger partial charge in [-0.15, -0.1) is 0 Å². The summed E-state index contributed by atoms with van der Waals surface area (Å²) in [6, 6.07) is 5.93. The van der Waals surface area contributed by atoms with Crippen LogP contribution < -0.4 is 10.9 Å². The summed E-state index contributed by atoms with van der Waals surface area (Å²) in [5.41, 5.74) is 0.142. The van der Waals surface area contributed by atoms with E-state index in [9.17, 15) is 24.3 Å². The van der Waals surface area contributed by atoms with Crippen molar-refractivity contribution in [3.63, 3.8) is 0 Å². The van der Waals surface area contributed by atoms with E-state index in [0.717, 1.165) is 4.57 Å².